The van der Waals surface area contributed by atoms with Crippen molar-refractivity contribution < 1.29 is 28.3 Å². The molecule has 1 atom stereocenters. The number of nitrogens with one attached hydrogen (secondary N) is 1. The van der Waals surface area contributed by atoms with E-state index in [-0.39, 0.29) is 19.5 Å². The molecule has 0 aliphatic carbocycles. The van der Waals surface area contributed by atoms with Crippen LogP contribution in [-0.4, -0.2) is 42.5 Å². The topological polar surface area (TPSA) is 128 Å². The first-order valence-corrected chi connectivity index (χ1v) is 7.20. The Kier molecular flexibility index (Phi) is 7.77. The molecule has 0 aliphatic heterocycles. The number of carbonyl (C=O) groups is 2. The third-order valence-electron chi connectivity index (χ3n) is 1.83. The van der Waals surface area contributed by atoms with Gasteiger partial charge in [0.1, 0.15) is 6.29 Å². The Morgan fingerprint density at radius 2 is 1.83 bits per heavy atom. The van der Waals surface area contributed by atoms with E-state index < -0.39 is 31.9 Å². The number of aliphatic carboxylic acids is 1. The van der Waals surface area contributed by atoms with E-state index in [9.17, 15) is 14.2 Å². The highest BCUT2D eigenvalue weighted by Crippen LogP contribution is 2.46. The summed E-state index contributed by atoms with van der Waals surface area (Å²) in [6.45, 7) is 3.63. The van der Waals surface area contributed by atoms with Crippen LogP contribution in [0.1, 0.15) is 20.3 Å². The van der Waals surface area contributed by atoms with Gasteiger partial charge in [-0.3, -0.25) is 14.2 Å². The highest BCUT2D eigenvalue weighted by atomic mass is 31.2. The van der Waals surface area contributed by atoms with Crippen LogP contribution in [-0.2, 0) is 23.2 Å². The van der Waals surface area contributed by atoms with E-state index in [0.29, 0.717) is 0 Å². The molecule has 0 radical (unpaired) electrons. The zero-order valence-corrected chi connectivity index (χ0v) is 11.3. The fourth-order valence-corrected chi connectivity index (χ4v) is 2.50. The molecular weight excluding hydrogens is 263 g/mol. The number of hydrogen-bond donors (Lipinski definition) is 3. The summed E-state index contributed by atoms with van der Waals surface area (Å²) in [5.74, 6) is -1.90. The van der Waals surface area contributed by atoms with E-state index in [1.54, 1.807) is 13.8 Å². The van der Waals surface area contributed by atoms with Crippen LogP contribution in [0.3, 0.4) is 0 Å². The molecule has 0 rings (SSSR count). The molecule has 0 aromatic rings. The summed E-state index contributed by atoms with van der Waals surface area (Å²) in [6, 6.07) is -1.20. The molecule has 0 saturated carbocycles. The molecule has 0 heterocycles. The van der Waals surface area contributed by atoms with Gasteiger partial charge in [0, 0.05) is 0 Å². The van der Waals surface area contributed by atoms with Crippen LogP contribution in [0.15, 0.2) is 0 Å². The van der Waals surface area contributed by atoms with Gasteiger partial charge in [-0.2, -0.15) is 0 Å². The Labute approximate surface area is 105 Å². The Morgan fingerprint density at radius 1 is 1.33 bits per heavy atom. The van der Waals surface area contributed by atoms with Crippen molar-refractivity contribution in [2.45, 2.75) is 26.3 Å². The molecule has 0 bridgehead atoms. The summed E-state index contributed by atoms with van der Waals surface area (Å²) in [4.78, 5) is 21.8. The van der Waals surface area contributed by atoms with Crippen LogP contribution in [0.25, 0.3) is 0 Å². The van der Waals surface area contributed by atoms with Crippen LogP contribution in [0.2, 0.25) is 0 Å². The molecule has 8 nitrogen and oxygen atoms in total. The molecule has 4 N–H and O–H groups in total. The molecule has 18 heavy (non-hydrogen) atoms. The van der Waals surface area contributed by atoms with E-state index in [1.807, 2.05) is 0 Å². The van der Waals surface area contributed by atoms with Gasteiger partial charge in [-0.25, -0.2) is 0 Å². The zero-order chi connectivity index (χ0) is 14.2. The molecule has 0 fully saturated rings. The Bertz CT molecular complexity index is 325. The monoisotopic (exact) mass is 282 g/mol. The fraction of sp³-hybridized carbons (Fsp3) is 0.778. The quantitative estimate of drug-likeness (QED) is 0.512. The molecular formula is C9H19N2O6P. The molecule has 106 valence electrons. The van der Waals surface area contributed by atoms with Crippen molar-refractivity contribution in [3.8, 4) is 0 Å². The van der Waals surface area contributed by atoms with Crippen LogP contribution < -0.4 is 11.1 Å². The number of carboxylic acids is 1. The predicted molar refractivity (Wildman–Crippen MR) is 64.1 cm³/mol. The third kappa shape index (κ3) is 6.70. The number of rotatable bonds is 9. The van der Waals surface area contributed by atoms with Crippen molar-refractivity contribution in [3.05, 3.63) is 0 Å². The Hall–Kier alpha value is -0.950. The van der Waals surface area contributed by atoms with E-state index >= 15 is 0 Å². The van der Waals surface area contributed by atoms with Gasteiger partial charge in [0.05, 0.1) is 25.7 Å². The van der Waals surface area contributed by atoms with Crippen LogP contribution >= 0.6 is 7.60 Å². The molecule has 1 amide bonds. The largest absolute Gasteiger partial charge is 0.481 e. The predicted octanol–water partition coefficient (Wildman–Crippen LogP) is 0.128. The van der Waals surface area contributed by atoms with Gasteiger partial charge in [-0.1, -0.05) is 0 Å². The Morgan fingerprint density at radius 3 is 2.22 bits per heavy atom. The molecule has 0 aromatic heterocycles. The second-order valence-electron chi connectivity index (χ2n) is 3.35. The van der Waals surface area contributed by atoms with E-state index in [1.165, 1.54) is 0 Å². The molecule has 0 aliphatic rings. The lowest BCUT2D eigenvalue weighted by Gasteiger charge is -2.18. The summed E-state index contributed by atoms with van der Waals surface area (Å²) in [5.41, 5.74) is 5.33. The highest BCUT2D eigenvalue weighted by Gasteiger charge is 2.26. The number of nitrogens with two attached hydrogens (primary N) is 1. The lowest BCUT2D eigenvalue weighted by Crippen LogP contribution is -2.42. The minimum absolute atomic E-state index is 0.175. The van der Waals surface area contributed by atoms with Gasteiger partial charge in [0.2, 0.25) is 5.91 Å². The van der Waals surface area contributed by atoms with E-state index in [4.69, 9.17) is 19.9 Å². The maximum atomic E-state index is 11.9. The van der Waals surface area contributed by atoms with Gasteiger partial charge < -0.3 is 25.2 Å². The van der Waals surface area contributed by atoms with Crippen molar-refractivity contribution in [3.63, 3.8) is 0 Å². The van der Waals surface area contributed by atoms with Crippen molar-refractivity contribution >= 4 is 19.5 Å². The SMILES string of the molecule is CCOP(=O)(CNC(=O)[C@@H](N)CC(=O)O)OCC. The maximum Gasteiger partial charge on any atom is 0.349 e. The summed E-state index contributed by atoms with van der Waals surface area (Å²) in [6.07, 6.45) is -0.833. The first-order chi connectivity index (χ1) is 8.34. The van der Waals surface area contributed by atoms with Crippen LogP contribution in [0.4, 0.5) is 0 Å². The lowest BCUT2D eigenvalue weighted by molar-refractivity contribution is -0.139. The van der Waals surface area contributed by atoms with Crippen molar-refractivity contribution in [1.29, 1.82) is 0 Å². The maximum absolute atomic E-state index is 11.9. The molecule has 0 saturated heterocycles. The number of amides is 1. The highest BCUT2D eigenvalue weighted by molar-refractivity contribution is 7.53. The van der Waals surface area contributed by atoms with Crippen LogP contribution in [0, 0.1) is 0 Å². The van der Waals surface area contributed by atoms with E-state index in [0.717, 1.165) is 0 Å². The van der Waals surface area contributed by atoms with Gasteiger partial charge >= 0.3 is 13.6 Å². The average Bonchev–Trinajstić information content (AvgIpc) is 2.25. The number of hydrogen-bond acceptors (Lipinski definition) is 6. The van der Waals surface area contributed by atoms with Crippen molar-refractivity contribution in [2.75, 3.05) is 19.5 Å². The summed E-state index contributed by atoms with van der Waals surface area (Å²) in [7, 11) is -3.38. The van der Waals surface area contributed by atoms with Gasteiger partial charge in [0.25, 0.3) is 0 Å². The molecule has 0 aromatic carbocycles. The van der Waals surface area contributed by atoms with E-state index in [2.05, 4.69) is 5.32 Å². The Balaban J connectivity index is 4.30. The number of carboxylic acid groups (broad SMARTS) is 1. The normalized spacial score (nSPS) is 13.1. The van der Waals surface area contributed by atoms with Gasteiger partial charge in [-0.05, 0) is 13.8 Å². The first-order valence-electron chi connectivity index (χ1n) is 5.47. The second-order valence-corrected chi connectivity index (χ2v) is 5.40. The minimum atomic E-state index is -3.38. The van der Waals surface area contributed by atoms with Gasteiger partial charge in [0.15, 0.2) is 0 Å². The lowest BCUT2D eigenvalue weighted by atomic mass is 10.2. The minimum Gasteiger partial charge on any atom is -0.481 e. The summed E-state index contributed by atoms with van der Waals surface area (Å²) < 4.78 is 21.8. The number of carbonyl (C=O) groups excluding carboxylic acids is 1. The van der Waals surface area contributed by atoms with Gasteiger partial charge in [-0.15, -0.1) is 0 Å². The molecule has 9 heteroatoms. The molecule has 0 spiro atoms. The van der Waals surface area contributed by atoms with Crippen molar-refractivity contribution in [1.82, 2.24) is 5.32 Å². The smallest absolute Gasteiger partial charge is 0.349 e. The van der Waals surface area contributed by atoms with Crippen molar-refractivity contribution in [2.24, 2.45) is 5.73 Å². The zero-order valence-electron chi connectivity index (χ0n) is 10.4. The van der Waals surface area contributed by atoms with Crippen LogP contribution in [0.5, 0.6) is 0 Å². The first kappa shape index (κ1) is 17.1. The molecule has 0 unspecified atom stereocenters. The standard InChI is InChI=1S/C9H19N2O6P/c1-3-16-18(15,17-4-2)6-11-9(14)7(10)5-8(12)13/h7H,3-6,10H2,1-2H3,(H,11,14)(H,12,13)/t7-/m0/s1. The summed E-state index contributed by atoms with van der Waals surface area (Å²) >= 11 is 0. The fourth-order valence-electron chi connectivity index (χ4n) is 1.11. The second kappa shape index (κ2) is 8.20. The summed E-state index contributed by atoms with van der Waals surface area (Å²) in [5, 5.41) is 10.7. The average molecular weight is 282 g/mol. The third-order valence-corrected chi connectivity index (χ3v) is 3.68.